The van der Waals surface area contributed by atoms with Gasteiger partial charge in [0.15, 0.2) is 11.5 Å². The van der Waals surface area contributed by atoms with E-state index >= 15 is 0 Å². The van der Waals surface area contributed by atoms with Crippen molar-refractivity contribution in [2.75, 3.05) is 20.2 Å². The van der Waals surface area contributed by atoms with E-state index in [0.29, 0.717) is 18.4 Å². The minimum atomic E-state index is -0.232. The fourth-order valence-electron chi connectivity index (χ4n) is 4.94. The molecule has 2 aliphatic heterocycles. The van der Waals surface area contributed by atoms with Crippen molar-refractivity contribution >= 4 is 0 Å². The van der Waals surface area contributed by atoms with Crippen molar-refractivity contribution in [3.05, 3.63) is 59.2 Å². The lowest BCUT2D eigenvalue weighted by Gasteiger charge is -2.46. The van der Waals surface area contributed by atoms with Crippen LogP contribution in [0.25, 0.3) is 0 Å². The van der Waals surface area contributed by atoms with Crippen LogP contribution in [0.3, 0.4) is 0 Å². The Balaban J connectivity index is 1.54. The average molecular weight is 396 g/mol. The van der Waals surface area contributed by atoms with Crippen LogP contribution in [0.1, 0.15) is 49.4 Å². The third-order valence-electron chi connectivity index (χ3n) is 6.38. The molecule has 2 aliphatic rings. The van der Waals surface area contributed by atoms with Gasteiger partial charge in [-0.05, 0) is 59.9 Å². The molecule has 0 amide bonds. The molecule has 0 spiro atoms. The van der Waals surface area contributed by atoms with Gasteiger partial charge in [0.05, 0.1) is 13.2 Å². The molecule has 4 nitrogen and oxygen atoms in total. The van der Waals surface area contributed by atoms with Gasteiger partial charge in [0.25, 0.3) is 0 Å². The van der Waals surface area contributed by atoms with Crippen molar-refractivity contribution in [2.24, 2.45) is 11.8 Å². The first-order valence-corrected chi connectivity index (χ1v) is 10.8. The van der Waals surface area contributed by atoms with Gasteiger partial charge in [0.1, 0.15) is 6.61 Å². The summed E-state index contributed by atoms with van der Waals surface area (Å²) < 4.78 is 11.8. The topological polar surface area (TPSA) is 41.9 Å². The number of piperidine rings is 1. The molecule has 0 bridgehead atoms. The number of hydrogen-bond acceptors (Lipinski definition) is 4. The van der Waals surface area contributed by atoms with E-state index in [9.17, 15) is 5.11 Å². The SMILES string of the molecule is COc1cc2c(cc1OCc1ccccc1)CCN1C[C@@H](CC(C)C)[C@H](O)C[C@H]21. The lowest BCUT2D eigenvalue weighted by Crippen LogP contribution is -2.48. The number of aliphatic hydroxyl groups is 1. The second-order valence-corrected chi connectivity index (χ2v) is 8.93. The Bertz CT molecular complexity index is 820. The summed E-state index contributed by atoms with van der Waals surface area (Å²) in [5, 5.41) is 10.8. The van der Waals surface area contributed by atoms with Crippen LogP contribution in [0.2, 0.25) is 0 Å². The fourth-order valence-corrected chi connectivity index (χ4v) is 4.94. The molecular weight excluding hydrogens is 362 g/mol. The minimum absolute atomic E-state index is 0.232. The molecule has 29 heavy (non-hydrogen) atoms. The summed E-state index contributed by atoms with van der Waals surface area (Å²) in [6.07, 6.45) is 2.68. The van der Waals surface area contributed by atoms with E-state index in [1.54, 1.807) is 7.11 Å². The summed E-state index contributed by atoms with van der Waals surface area (Å²) in [6, 6.07) is 14.8. The molecular formula is C25H33NO3. The monoisotopic (exact) mass is 395 g/mol. The number of aliphatic hydroxyl groups excluding tert-OH is 1. The lowest BCUT2D eigenvalue weighted by atomic mass is 9.79. The Morgan fingerprint density at radius 2 is 1.93 bits per heavy atom. The number of fused-ring (bicyclic) bond motifs is 3. The first-order valence-electron chi connectivity index (χ1n) is 10.8. The van der Waals surface area contributed by atoms with Crippen molar-refractivity contribution in [1.29, 1.82) is 0 Å². The Morgan fingerprint density at radius 1 is 1.14 bits per heavy atom. The van der Waals surface area contributed by atoms with Crippen LogP contribution in [-0.4, -0.2) is 36.3 Å². The van der Waals surface area contributed by atoms with Gasteiger partial charge in [-0.2, -0.15) is 0 Å². The molecule has 4 heteroatoms. The molecule has 1 saturated heterocycles. The van der Waals surface area contributed by atoms with E-state index in [1.165, 1.54) is 11.1 Å². The first-order chi connectivity index (χ1) is 14.0. The van der Waals surface area contributed by atoms with E-state index in [4.69, 9.17) is 9.47 Å². The zero-order valence-electron chi connectivity index (χ0n) is 17.8. The van der Waals surface area contributed by atoms with Gasteiger partial charge in [-0.1, -0.05) is 44.2 Å². The van der Waals surface area contributed by atoms with E-state index in [0.717, 1.165) is 49.4 Å². The Labute approximate surface area is 174 Å². The lowest BCUT2D eigenvalue weighted by molar-refractivity contribution is -0.0191. The molecule has 0 aromatic heterocycles. The highest BCUT2D eigenvalue weighted by atomic mass is 16.5. The Morgan fingerprint density at radius 3 is 2.66 bits per heavy atom. The normalized spacial score (nSPS) is 24.1. The summed E-state index contributed by atoms with van der Waals surface area (Å²) in [6.45, 7) is 7.04. The van der Waals surface area contributed by atoms with Gasteiger partial charge >= 0.3 is 0 Å². The van der Waals surface area contributed by atoms with Crippen LogP contribution in [0.5, 0.6) is 11.5 Å². The average Bonchev–Trinajstić information content (AvgIpc) is 2.72. The molecule has 2 aromatic carbocycles. The molecule has 3 atom stereocenters. The highest BCUT2D eigenvalue weighted by Gasteiger charge is 2.38. The smallest absolute Gasteiger partial charge is 0.161 e. The third-order valence-corrected chi connectivity index (χ3v) is 6.38. The molecule has 0 saturated carbocycles. The molecule has 2 heterocycles. The fraction of sp³-hybridized carbons (Fsp3) is 0.520. The second-order valence-electron chi connectivity index (χ2n) is 8.93. The number of hydrogen-bond donors (Lipinski definition) is 1. The van der Waals surface area contributed by atoms with Crippen molar-refractivity contribution < 1.29 is 14.6 Å². The van der Waals surface area contributed by atoms with Gasteiger partial charge < -0.3 is 14.6 Å². The third kappa shape index (κ3) is 4.44. The Kier molecular flexibility index (Phi) is 6.12. The summed E-state index contributed by atoms with van der Waals surface area (Å²) in [5.74, 6) is 2.58. The van der Waals surface area contributed by atoms with Crippen molar-refractivity contribution in [3.63, 3.8) is 0 Å². The van der Waals surface area contributed by atoms with Crippen LogP contribution in [0.4, 0.5) is 0 Å². The number of benzene rings is 2. The first kappa shape index (κ1) is 20.2. The van der Waals surface area contributed by atoms with Crippen LogP contribution in [0.15, 0.2) is 42.5 Å². The van der Waals surface area contributed by atoms with Crippen LogP contribution < -0.4 is 9.47 Å². The Hall–Kier alpha value is -2.04. The molecule has 0 unspecified atom stereocenters. The molecule has 1 N–H and O–H groups in total. The minimum Gasteiger partial charge on any atom is -0.493 e. The molecule has 0 aliphatic carbocycles. The quantitative estimate of drug-likeness (QED) is 0.776. The largest absolute Gasteiger partial charge is 0.493 e. The zero-order chi connectivity index (χ0) is 20.4. The van der Waals surface area contributed by atoms with Crippen molar-refractivity contribution in [1.82, 2.24) is 4.90 Å². The maximum atomic E-state index is 10.8. The van der Waals surface area contributed by atoms with Gasteiger partial charge in [-0.25, -0.2) is 0 Å². The summed E-state index contributed by atoms with van der Waals surface area (Å²) in [5.41, 5.74) is 3.76. The van der Waals surface area contributed by atoms with Crippen molar-refractivity contribution in [2.45, 2.75) is 51.9 Å². The molecule has 4 rings (SSSR count). The van der Waals surface area contributed by atoms with Crippen LogP contribution in [-0.2, 0) is 13.0 Å². The van der Waals surface area contributed by atoms with E-state index in [2.05, 4.69) is 43.0 Å². The molecule has 1 fully saturated rings. The predicted octanol–water partition coefficient (Wildman–Crippen LogP) is 4.60. The van der Waals surface area contributed by atoms with Gasteiger partial charge in [-0.3, -0.25) is 4.90 Å². The van der Waals surface area contributed by atoms with E-state index < -0.39 is 0 Å². The predicted molar refractivity (Wildman–Crippen MR) is 115 cm³/mol. The summed E-state index contributed by atoms with van der Waals surface area (Å²) in [7, 11) is 1.70. The maximum absolute atomic E-state index is 10.8. The van der Waals surface area contributed by atoms with E-state index in [-0.39, 0.29) is 12.1 Å². The van der Waals surface area contributed by atoms with Crippen molar-refractivity contribution in [3.8, 4) is 11.5 Å². The summed E-state index contributed by atoms with van der Waals surface area (Å²) >= 11 is 0. The molecule has 2 aromatic rings. The highest BCUT2D eigenvalue weighted by Crippen LogP contribution is 2.43. The second kappa shape index (κ2) is 8.76. The number of methoxy groups -OCH3 is 1. The van der Waals surface area contributed by atoms with Gasteiger partial charge in [-0.15, -0.1) is 0 Å². The zero-order valence-corrected chi connectivity index (χ0v) is 17.8. The van der Waals surface area contributed by atoms with E-state index in [1.807, 2.05) is 18.2 Å². The maximum Gasteiger partial charge on any atom is 0.161 e. The van der Waals surface area contributed by atoms with Gasteiger partial charge in [0.2, 0.25) is 0 Å². The standard InChI is InChI=1S/C25H33NO3/c1-17(2)11-20-15-26-10-9-19-12-25(29-16-18-7-5-4-6-8-18)24(28-3)13-21(19)22(26)14-23(20)27/h4-8,12-13,17,20,22-23,27H,9-11,14-16H2,1-3H3/t20-,22-,23-/m1/s1. The van der Waals surface area contributed by atoms with Gasteiger partial charge in [0, 0.05) is 19.1 Å². The number of rotatable bonds is 6. The van der Waals surface area contributed by atoms with Crippen LogP contribution in [0, 0.1) is 11.8 Å². The van der Waals surface area contributed by atoms with Crippen LogP contribution >= 0.6 is 0 Å². The molecule has 0 radical (unpaired) electrons. The molecule has 156 valence electrons. The number of ether oxygens (including phenoxy) is 2. The highest BCUT2D eigenvalue weighted by molar-refractivity contribution is 5.49. The number of nitrogens with zero attached hydrogens (tertiary/aromatic N) is 1. The summed E-state index contributed by atoms with van der Waals surface area (Å²) in [4.78, 5) is 2.56.